The van der Waals surface area contributed by atoms with Crippen LogP contribution in [0.2, 0.25) is 0 Å². The lowest BCUT2D eigenvalue weighted by Crippen LogP contribution is -2.13. The summed E-state index contributed by atoms with van der Waals surface area (Å²) in [5.74, 6) is 0.531. The number of aryl methyl sites for hydroxylation is 2. The van der Waals surface area contributed by atoms with Crippen molar-refractivity contribution in [3.05, 3.63) is 81.8 Å². The molecule has 0 unspecified atom stereocenters. The summed E-state index contributed by atoms with van der Waals surface area (Å²) in [4.78, 5) is 22.5. The number of nitrogens with zero attached hydrogens (tertiary/aromatic N) is 5. The molecule has 1 aliphatic heterocycles. The fourth-order valence-electron chi connectivity index (χ4n) is 4.27. The first kappa shape index (κ1) is 23.0. The van der Waals surface area contributed by atoms with Gasteiger partial charge in [0.2, 0.25) is 5.95 Å². The number of carbonyl (C=O) groups is 1. The average Bonchev–Trinajstić information content (AvgIpc) is 3.32. The van der Waals surface area contributed by atoms with Crippen LogP contribution >= 0.6 is 11.3 Å². The van der Waals surface area contributed by atoms with E-state index in [1.807, 2.05) is 35.8 Å². The zero-order valence-electron chi connectivity index (χ0n) is 19.9. The number of esters is 1. The van der Waals surface area contributed by atoms with Crippen LogP contribution in [0.4, 0.5) is 4.39 Å². The highest BCUT2D eigenvalue weighted by molar-refractivity contribution is 7.15. The molecule has 35 heavy (non-hydrogen) atoms. The first-order valence-corrected chi connectivity index (χ1v) is 12.2. The Morgan fingerprint density at radius 3 is 2.46 bits per heavy atom. The van der Waals surface area contributed by atoms with Crippen molar-refractivity contribution in [3.63, 3.8) is 0 Å². The lowest BCUT2D eigenvalue weighted by Gasteiger charge is -2.12. The minimum absolute atomic E-state index is 0.0712. The zero-order valence-corrected chi connectivity index (χ0v) is 20.7. The maximum atomic E-state index is 13.2. The van der Waals surface area contributed by atoms with Gasteiger partial charge >= 0.3 is 5.97 Å². The lowest BCUT2D eigenvalue weighted by atomic mass is 9.97. The SMILES string of the molecule is CCOC(=O)C[C@@H]1N=C(c2ccc(-c3ccc(F)nc3)cc2)c2c(sc(C)c2C)-n2c(C)nnc21. The maximum Gasteiger partial charge on any atom is 0.308 e. The van der Waals surface area contributed by atoms with E-state index in [-0.39, 0.29) is 12.4 Å². The number of hydrogen-bond acceptors (Lipinski definition) is 7. The summed E-state index contributed by atoms with van der Waals surface area (Å²) in [6.07, 6.45) is 1.59. The van der Waals surface area contributed by atoms with Gasteiger partial charge in [-0.05, 0) is 51.0 Å². The molecule has 178 valence electrons. The third-order valence-corrected chi connectivity index (χ3v) is 7.32. The van der Waals surface area contributed by atoms with Gasteiger partial charge < -0.3 is 4.74 Å². The molecule has 1 aliphatic rings. The number of benzene rings is 1. The number of pyridine rings is 1. The molecule has 0 aliphatic carbocycles. The summed E-state index contributed by atoms with van der Waals surface area (Å²) in [5.41, 5.74) is 5.60. The number of aromatic nitrogens is 4. The topological polar surface area (TPSA) is 82.3 Å². The smallest absolute Gasteiger partial charge is 0.308 e. The van der Waals surface area contributed by atoms with Gasteiger partial charge in [-0.15, -0.1) is 21.5 Å². The Labute approximate surface area is 206 Å². The Morgan fingerprint density at radius 1 is 1.06 bits per heavy atom. The molecular formula is C26H24FN5O2S. The molecule has 0 saturated heterocycles. The van der Waals surface area contributed by atoms with Crippen molar-refractivity contribution in [1.82, 2.24) is 19.7 Å². The molecule has 0 saturated carbocycles. The predicted octanol–water partition coefficient (Wildman–Crippen LogP) is 5.30. The molecule has 0 amide bonds. The highest BCUT2D eigenvalue weighted by atomic mass is 32.1. The van der Waals surface area contributed by atoms with Gasteiger partial charge in [0.25, 0.3) is 0 Å². The number of halogens is 1. The molecule has 4 aromatic rings. The Bertz CT molecular complexity index is 1440. The van der Waals surface area contributed by atoms with Crippen molar-refractivity contribution in [1.29, 1.82) is 0 Å². The molecule has 9 heteroatoms. The van der Waals surface area contributed by atoms with E-state index in [1.165, 1.54) is 17.1 Å². The molecule has 4 heterocycles. The summed E-state index contributed by atoms with van der Waals surface area (Å²) in [5, 5.41) is 9.70. The van der Waals surface area contributed by atoms with E-state index >= 15 is 0 Å². The van der Waals surface area contributed by atoms with E-state index in [9.17, 15) is 9.18 Å². The summed E-state index contributed by atoms with van der Waals surface area (Å²) in [6.45, 7) is 8.17. The number of carbonyl (C=O) groups excluding carboxylic acids is 1. The highest BCUT2D eigenvalue weighted by Crippen LogP contribution is 2.39. The van der Waals surface area contributed by atoms with E-state index in [0.29, 0.717) is 12.4 Å². The molecule has 3 aromatic heterocycles. The van der Waals surface area contributed by atoms with Gasteiger partial charge in [-0.1, -0.05) is 24.3 Å². The number of hydrogen-bond donors (Lipinski definition) is 0. The van der Waals surface area contributed by atoms with Crippen LogP contribution in [-0.2, 0) is 9.53 Å². The van der Waals surface area contributed by atoms with Gasteiger partial charge in [0, 0.05) is 27.8 Å². The second kappa shape index (κ2) is 9.14. The van der Waals surface area contributed by atoms with Crippen LogP contribution in [0.25, 0.3) is 16.1 Å². The molecule has 0 radical (unpaired) electrons. The Kier molecular flexibility index (Phi) is 6.02. The number of aliphatic imine (C=N–C) groups is 1. The van der Waals surface area contributed by atoms with Crippen LogP contribution in [0.3, 0.4) is 0 Å². The van der Waals surface area contributed by atoms with Crippen molar-refractivity contribution < 1.29 is 13.9 Å². The van der Waals surface area contributed by atoms with Crippen LogP contribution < -0.4 is 0 Å². The number of ether oxygens (including phenoxy) is 1. The summed E-state index contributed by atoms with van der Waals surface area (Å²) < 4.78 is 20.5. The van der Waals surface area contributed by atoms with Crippen molar-refractivity contribution in [2.75, 3.05) is 6.61 Å². The first-order valence-electron chi connectivity index (χ1n) is 11.4. The van der Waals surface area contributed by atoms with E-state index < -0.39 is 12.0 Å². The maximum absolute atomic E-state index is 13.2. The summed E-state index contributed by atoms with van der Waals surface area (Å²) >= 11 is 1.66. The average molecular weight is 490 g/mol. The van der Waals surface area contributed by atoms with Gasteiger partial charge in [0.05, 0.1) is 18.7 Å². The molecule has 0 N–H and O–H groups in total. The first-order chi connectivity index (χ1) is 16.9. The Hall–Kier alpha value is -3.72. The number of thiophene rings is 1. The van der Waals surface area contributed by atoms with Gasteiger partial charge in [0.1, 0.15) is 16.9 Å². The van der Waals surface area contributed by atoms with Gasteiger partial charge in [-0.3, -0.25) is 14.4 Å². The van der Waals surface area contributed by atoms with Crippen molar-refractivity contribution in [3.8, 4) is 16.1 Å². The highest BCUT2D eigenvalue weighted by Gasteiger charge is 2.32. The van der Waals surface area contributed by atoms with Gasteiger partial charge in [-0.25, -0.2) is 4.98 Å². The van der Waals surface area contributed by atoms with Crippen molar-refractivity contribution in [2.24, 2.45) is 4.99 Å². The van der Waals surface area contributed by atoms with E-state index in [2.05, 4.69) is 29.0 Å². The number of fused-ring (bicyclic) bond motifs is 3. The molecule has 0 bridgehead atoms. The van der Waals surface area contributed by atoms with Crippen LogP contribution in [0.5, 0.6) is 0 Å². The standard InChI is InChI=1S/C26H24FN5O2S/c1-5-34-22(33)12-20-25-31-30-16(4)32(25)26-23(14(2)15(3)35-26)24(29-20)18-8-6-17(7-9-18)19-10-11-21(27)28-13-19/h6-11,13,20H,5,12H2,1-4H3/t20-/m0/s1. The van der Waals surface area contributed by atoms with Crippen LogP contribution in [0.15, 0.2) is 47.6 Å². The van der Waals surface area contributed by atoms with E-state index in [0.717, 1.165) is 44.4 Å². The molecular weight excluding hydrogens is 465 g/mol. The van der Waals surface area contributed by atoms with Crippen LogP contribution in [0, 0.1) is 26.7 Å². The van der Waals surface area contributed by atoms with Gasteiger partial charge in [-0.2, -0.15) is 4.39 Å². The Morgan fingerprint density at radius 2 is 1.77 bits per heavy atom. The zero-order chi connectivity index (χ0) is 24.7. The minimum Gasteiger partial charge on any atom is -0.466 e. The molecule has 1 aromatic carbocycles. The normalized spacial score (nSPS) is 14.7. The third kappa shape index (κ3) is 4.16. The van der Waals surface area contributed by atoms with Crippen LogP contribution in [-0.4, -0.2) is 38.0 Å². The fourth-order valence-corrected chi connectivity index (χ4v) is 5.48. The Balaban J connectivity index is 1.65. The molecule has 0 fully saturated rings. The number of rotatable bonds is 5. The summed E-state index contributed by atoms with van der Waals surface area (Å²) in [6, 6.07) is 10.4. The lowest BCUT2D eigenvalue weighted by molar-refractivity contribution is -0.143. The monoisotopic (exact) mass is 489 g/mol. The predicted molar refractivity (Wildman–Crippen MR) is 133 cm³/mol. The second-order valence-electron chi connectivity index (χ2n) is 8.35. The largest absolute Gasteiger partial charge is 0.466 e. The molecule has 5 rings (SSSR count). The van der Waals surface area contributed by atoms with Crippen LogP contribution in [0.1, 0.15) is 52.6 Å². The van der Waals surface area contributed by atoms with Crippen molar-refractivity contribution >= 4 is 23.0 Å². The molecule has 0 spiro atoms. The van der Waals surface area contributed by atoms with Gasteiger partial charge in [0.15, 0.2) is 5.82 Å². The quantitative estimate of drug-likeness (QED) is 0.281. The minimum atomic E-state index is -0.537. The summed E-state index contributed by atoms with van der Waals surface area (Å²) in [7, 11) is 0. The van der Waals surface area contributed by atoms with E-state index in [4.69, 9.17) is 9.73 Å². The van der Waals surface area contributed by atoms with E-state index in [1.54, 1.807) is 24.3 Å². The molecule has 7 nitrogen and oxygen atoms in total. The van der Waals surface area contributed by atoms with Crippen molar-refractivity contribution in [2.45, 2.75) is 40.2 Å². The molecule has 1 atom stereocenters. The second-order valence-corrected chi connectivity index (χ2v) is 9.56. The third-order valence-electron chi connectivity index (χ3n) is 6.12. The fraction of sp³-hybridized carbons (Fsp3) is 0.269.